The summed E-state index contributed by atoms with van der Waals surface area (Å²) in [5.41, 5.74) is 1.29. The minimum atomic E-state index is -3.64. The van der Waals surface area contributed by atoms with Gasteiger partial charge in [-0.25, -0.2) is 13.4 Å². The smallest absolute Gasteiger partial charge is 0.328 e. The van der Waals surface area contributed by atoms with Gasteiger partial charge < -0.3 is 9.15 Å². The van der Waals surface area contributed by atoms with Gasteiger partial charge in [-0.2, -0.15) is 0 Å². The Bertz CT molecular complexity index is 1150. The molecule has 0 aliphatic carbocycles. The first-order valence-corrected chi connectivity index (χ1v) is 9.84. The van der Waals surface area contributed by atoms with Crippen molar-refractivity contribution in [1.82, 2.24) is 9.71 Å². The van der Waals surface area contributed by atoms with Crippen LogP contribution in [0.15, 0.2) is 75.1 Å². The second-order valence-electron chi connectivity index (χ2n) is 5.91. The highest BCUT2D eigenvalue weighted by molar-refractivity contribution is 7.90. The Labute approximate surface area is 160 Å². The summed E-state index contributed by atoms with van der Waals surface area (Å²) in [5, 5.41) is 0. The van der Waals surface area contributed by atoms with Crippen LogP contribution in [0.3, 0.4) is 0 Å². The molecule has 28 heavy (non-hydrogen) atoms. The first-order valence-electron chi connectivity index (χ1n) is 8.35. The molecule has 0 saturated heterocycles. The zero-order valence-electron chi connectivity index (χ0n) is 14.5. The number of rotatable bonds is 5. The van der Waals surface area contributed by atoms with E-state index >= 15 is 0 Å². The largest absolute Gasteiger partial charge is 0.454 e. The van der Waals surface area contributed by atoms with Gasteiger partial charge >= 0.3 is 5.97 Å². The second-order valence-corrected chi connectivity index (χ2v) is 7.56. The number of aromatic nitrogens is 1. The summed E-state index contributed by atoms with van der Waals surface area (Å²) in [5.74, 6) is 0.321. The van der Waals surface area contributed by atoms with Crippen molar-refractivity contribution >= 4 is 21.8 Å². The summed E-state index contributed by atoms with van der Waals surface area (Å²) in [7, 11) is -3.64. The van der Waals surface area contributed by atoms with Gasteiger partial charge in [0, 0.05) is 11.1 Å². The molecule has 0 atom stereocenters. The van der Waals surface area contributed by atoms with Crippen molar-refractivity contribution in [3.63, 3.8) is 0 Å². The number of hydrogen-bond acceptors (Lipinski definition) is 7. The van der Waals surface area contributed by atoms with Crippen molar-refractivity contribution in [2.24, 2.45) is 4.99 Å². The van der Waals surface area contributed by atoms with Crippen LogP contribution in [0.5, 0.6) is 0 Å². The van der Waals surface area contributed by atoms with E-state index in [9.17, 15) is 13.2 Å². The van der Waals surface area contributed by atoms with E-state index in [4.69, 9.17) is 9.15 Å². The third-order valence-corrected chi connectivity index (χ3v) is 5.39. The highest BCUT2D eigenvalue weighted by Crippen LogP contribution is 2.22. The van der Waals surface area contributed by atoms with Gasteiger partial charge in [0.1, 0.15) is 12.4 Å². The summed E-state index contributed by atoms with van der Waals surface area (Å²) < 4.78 is 37.0. The monoisotopic (exact) mass is 397 g/mol. The average Bonchev–Trinajstić information content (AvgIpc) is 3.28. The van der Waals surface area contributed by atoms with Crippen molar-refractivity contribution < 1.29 is 22.4 Å². The van der Waals surface area contributed by atoms with E-state index in [-0.39, 0.29) is 29.8 Å². The third kappa shape index (κ3) is 3.65. The lowest BCUT2D eigenvalue weighted by Crippen LogP contribution is -2.23. The number of aliphatic imine (C=N–C) groups is 1. The van der Waals surface area contributed by atoms with Crippen molar-refractivity contribution in [3.8, 4) is 11.3 Å². The van der Waals surface area contributed by atoms with Crippen molar-refractivity contribution in [2.75, 3.05) is 6.54 Å². The lowest BCUT2D eigenvalue weighted by atomic mass is 10.2. The predicted molar refractivity (Wildman–Crippen MR) is 99.9 cm³/mol. The Morgan fingerprint density at radius 2 is 1.86 bits per heavy atom. The fourth-order valence-corrected chi connectivity index (χ4v) is 3.95. The topological polar surface area (TPSA) is 111 Å². The molecule has 0 fully saturated rings. The van der Waals surface area contributed by atoms with Crippen LogP contribution in [-0.2, 0) is 26.2 Å². The number of sulfonamides is 1. The number of nitrogens with one attached hydrogen (secondary N) is 1. The molecule has 8 nitrogen and oxygen atoms in total. The summed E-state index contributed by atoms with van der Waals surface area (Å²) in [6.45, 7) is -0.475. The van der Waals surface area contributed by atoms with Crippen LogP contribution >= 0.6 is 0 Å². The van der Waals surface area contributed by atoms with Gasteiger partial charge in [0.25, 0.3) is 10.0 Å². The standard InChI is InChI=1S/C19H15N3O5S/c23-18(11-21-19-14-8-4-5-9-16(14)28(24,25)22-19)26-12-17-20-10-15(27-17)13-6-2-1-3-7-13/h1-10H,11-12H2,(H,21,22). The molecule has 0 saturated carbocycles. The first-order chi connectivity index (χ1) is 13.5. The van der Waals surface area contributed by atoms with Gasteiger partial charge in [0.2, 0.25) is 5.89 Å². The molecule has 1 aliphatic heterocycles. The van der Waals surface area contributed by atoms with Crippen molar-refractivity contribution in [3.05, 3.63) is 72.2 Å². The van der Waals surface area contributed by atoms with Gasteiger partial charge in [-0.05, 0) is 12.1 Å². The molecule has 9 heteroatoms. The SMILES string of the molecule is O=C(CN=C1NS(=O)(=O)c2ccccc21)OCc1ncc(-c2ccccc2)o1. The predicted octanol–water partition coefficient (Wildman–Crippen LogP) is 2.12. The van der Waals surface area contributed by atoms with E-state index < -0.39 is 16.0 Å². The molecule has 1 N–H and O–H groups in total. The summed E-state index contributed by atoms with van der Waals surface area (Å²) in [6.07, 6.45) is 1.56. The van der Waals surface area contributed by atoms with Crippen molar-refractivity contribution in [1.29, 1.82) is 0 Å². The summed E-state index contributed by atoms with van der Waals surface area (Å²) in [6, 6.07) is 15.8. The van der Waals surface area contributed by atoms with Crippen molar-refractivity contribution in [2.45, 2.75) is 11.5 Å². The zero-order valence-corrected chi connectivity index (χ0v) is 15.3. The highest BCUT2D eigenvalue weighted by atomic mass is 32.2. The molecule has 0 amide bonds. The maximum Gasteiger partial charge on any atom is 0.328 e. The third-order valence-electron chi connectivity index (χ3n) is 4.00. The van der Waals surface area contributed by atoms with Crippen LogP contribution in [0.25, 0.3) is 11.3 Å². The molecule has 2 aromatic carbocycles. The Morgan fingerprint density at radius 3 is 2.68 bits per heavy atom. The number of ether oxygens (including phenoxy) is 1. The van der Waals surface area contributed by atoms with Crippen LogP contribution in [0, 0.1) is 0 Å². The quantitative estimate of drug-likeness (QED) is 0.660. The van der Waals surface area contributed by atoms with E-state index in [1.807, 2.05) is 30.3 Å². The highest BCUT2D eigenvalue weighted by Gasteiger charge is 2.30. The minimum absolute atomic E-state index is 0.120. The molecule has 142 valence electrons. The van der Waals surface area contributed by atoms with Crippen LogP contribution in [0.4, 0.5) is 0 Å². The minimum Gasteiger partial charge on any atom is -0.454 e. The first kappa shape index (κ1) is 17.9. The molecule has 0 spiro atoms. The van der Waals surface area contributed by atoms with Crippen LogP contribution in [-0.4, -0.2) is 31.8 Å². The molecule has 1 aliphatic rings. The van der Waals surface area contributed by atoms with Gasteiger partial charge in [-0.1, -0.05) is 42.5 Å². The van der Waals surface area contributed by atoms with Crippen LogP contribution in [0.1, 0.15) is 11.5 Å². The fourth-order valence-electron chi connectivity index (χ4n) is 2.70. The summed E-state index contributed by atoms with van der Waals surface area (Å²) in [4.78, 5) is 20.2. The molecule has 0 radical (unpaired) electrons. The van der Waals surface area contributed by atoms with E-state index in [2.05, 4.69) is 14.7 Å². The molecule has 4 rings (SSSR count). The number of carbonyl (C=O) groups excluding carboxylic acids is 1. The van der Waals surface area contributed by atoms with E-state index in [0.717, 1.165) is 5.56 Å². The van der Waals surface area contributed by atoms with Crippen LogP contribution < -0.4 is 4.72 Å². The number of hydrogen-bond donors (Lipinski definition) is 1. The second kappa shape index (κ2) is 7.28. The molecular formula is C19H15N3O5S. The Morgan fingerprint density at radius 1 is 1.11 bits per heavy atom. The van der Waals surface area contributed by atoms with Gasteiger partial charge in [0.05, 0.1) is 11.1 Å². The van der Waals surface area contributed by atoms with E-state index in [1.165, 1.54) is 6.07 Å². The van der Waals surface area contributed by atoms with Gasteiger partial charge in [-0.3, -0.25) is 14.5 Å². The van der Waals surface area contributed by atoms with Gasteiger partial charge in [0.15, 0.2) is 12.4 Å². The number of fused-ring (bicyclic) bond motifs is 1. The maximum absolute atomic E-state index is 12.0. The molecule has 0 unspecified atom stereocenters. The Balaban J connectivity index is 1.37. The summed E-state index contributed by atoms with van der Waals surface area (Å²) >= 11 is 0. The zero-order chi connectivity index (χ0) is 19.6. The number of amidine groups is 1. The number of esters is 1. The number of oxazole rings is 1. The molecule has 2 heterocycles. The number of nitrogens with zero attached hydrogens (tertiary/aromatic N) is 2. The van der Waals surface area contributed by atoms with Gasteiger partial charge in [-0.15, -0.1) is 0 Å². The maximum atomic E-state index is 12.0. The lowest BCUT2D eigenvalue weighted by molar-refractivity contribution is -0.143. The number of carbonyl (C=O) groups is 1. The van der Waals surface area contributed by atoms with E-state index in [1.54, 1.807) is 24.4 Å². The molecular weight excluding hydrogens is 382 g/mol. The molecule has 1 aromatic heterocycles. The Kier molecular flexibility index (Phi) is 4.66. The normalized spacial score (nSPS) is 15.8. The molecule has 0 bridgehead atoms. The Hall–Kier alpha value is -3.46. The van der Waals surface area contributed by atoms with Crippen LogP contribution in [0.2, 0.25) is 0 Å². The number of benzene rings is 2. The van der Waals surface area contributed by atoms with E-state index in [0.29, 0.717) is 11.3 Å². The fraction of sp³-hybridized carbons (Fsp3) is 0.105. The average molecular weight is 397 g/mol. The molecule has 3 aromatic rings. The lowest BCUT2D eigenvalue weighted by Gasteiger charge is -2.01.